The number of methoxy groups -OCH3 is 1. The van der Waals surface area contributed by atoms with E-state index in [0.29, 0.717) is 5.75 Å². The van der Waals surface area contributed by atoms with Crippen molar-refractivity contribution in [2.45, 2.75) is 27.2 Å². The molecule has 2 rings (SSSR count). The standard InChI is InChI=1S/C18H22O5/c1-5-22-16(19)18(17(20)23-6-2)10-12(3)15-8-7-14(21-4)9-13(15)11-18/h7-10H,5-6,11H2,1-4H3. The van der Waals surface area contributed by atoms with Crippen LogP contribution in [0.1, 0.15) is 31.9 Å². The van der Waals surface area contributed by atoms with Gasteiger partial charge in [0.05, 0.1) is 20.3 Å². The summed E-state index contributed by atoms with van der Waals surface area (Å²) < 4.78 is 15.6. The van der Waals surface area contributed by atoms with Crippen LogP contribution in [0.3, 0.4) is 0 Å². The number of benzene rings is 1. The fourth-order valence-electron chi connectivity index (χ4n) is 2.89. The van der Waals surface area contributed by atoms with E-state index in [9.17, 15) is 9.59 Å². The van der Waals surface area contributed by atoms with Gasteiger partial charge in [0.15, 0.2) is 5.41 Å². The molecule has 1 aliphatic carbocycles. The highest BCUT2D eigenvalue weighted by molar-refractivity contribution is 6.05. The molecule has 0 heterocycles. The molecule has 0 amide bonds. The minimum atomic E-state index is -1.44. The molecule has 124 valence electrons. The maximum absolute atomic E-state index is 12.5. The van der Waals surface area contributed by atoms with E-state index in [2.05, 4.69) is 0 Å². The first-order valence-corrected chi connectivity index (χ1v) is 7.69. The second-order valence-corrected chi connectivity index (χ2v) is 5.44. The zero-order chi connectivity index (χ0) is 17.0. The molecule has 0 saturated carbocycles. The largest absolute Gasteiger partial charge is 0.497 e. The van der Waals surface area contributed by atoms with Crippen LogP contribution in [-0.2, 0) is 25.5 Å². The Kier molecular flexibility index (Phi) is 5.08. The van der Waals surface area contributed by atoms with Crippen molar-refractivity contribution in [3.05, 3.63) is 35.4 Å². The van der Waals surface area contributed by atoms with Gasteiger partial charge in [0.1, 0.15) is 5.75 Å². The third-order valence-corrected chi connectivity index (χ3v) is 3.95. The molecule has 0 spiro atoms. The summed E-state index contributed by atoms with van der Waals surface area (Å²) in [6.45, 7) is 5.72. The Morgan fingerprint density at radius 3 is 2.26 bits per heavy atom. The van der Waals surface area contributed by atoms with Crippen LogP contribution in [0, 0.1) is 5.41 Å². The van der Waals surface area contributed by atoms with Crippen LogP contribution in [0.4, 0.5) is 0 Å². The second kappa shape index (κ2) is 6.86. The van der Waals surface area contributed by atoms with Crippen LogP contribution < -0.4 is 4.74 Å². The molecular weight excluding hydrogens is 296 g/mol. The lowest BCUT2D eigenvalue weighted by Gasteiger charge is -2.31. The Morgan fingerprint density at radius 2 is 1.74 bits per heavy atom. The first-order chi connectivity index (χ1) is 11.0. The summed E-state index contributed by atoms with van der Waals surface area (Å²) in [4.78, 5) is 25.1. The van der Waals surface area contributed by atoms with E-state index in [1.165, 1.54) is 0 Å². The number of fused-ring (bicyclic) bond motifs is 1. The number of carbonyl (C=O) groups is 2. The maximum Gasteiger partial charge on any atom is 0.327 e. The lowest BCUT2D eigenvalue weighted by atomic mass is 9.73. The topological polar surface area (TPSA) is 61.8 Å². The normalized spacial score (nSPS) is 15.2. The van der Waals surface area contributed by atoms with Crippen molar-refractivity contribution in [2.24, 2.45) is 5.41 Å². The number of rotatable bonds is 5. The van der Waals surface area contributed by atoms with Crippen molar-refractivity contribution >= 4 is 17.5 Å². The number of ether oxygens (including phenoxy) is 3. The Hall–Kier alpha value is -2.30. The van der Waals surface area contributed by atoms with Gasteiger partial charge in [-0.25, -0.2) is 0 Å². The molecule has 1 aromatic rings. The average molecular weight is 318 g/mol. The molecule has 0 bridgehead atoms. The predicted molar refractivity (Wildman–Crippen MR) is 86.0 cm³/mol. The fourth-order valence-corrected chi connectivity index (χ4v) is 2.89. The number of hydrogen-bond acceptors (Lipinski definition) is 5. The van der Waals surface area contributed by atoms with Crippen LogP contribution in [0.5, 0.6) is 5.75 Å². The smallest absolute Gasteiger partial charge is 0.327 e. The van der Waals surface area contributed by atoms with E-state index in [4.69, 9.17) is 14.2 Å². The van der Waals surface area contributed by atoms with Gasteiger partial charge in [-0.3, -0.25) is 9.59 Å². The minimum absolute atomic E-state index is 0.203. The van der Waals surface area contributed by atoms with Crippen molar-refractivity contribution in [1.82, 2.24) is 0 Å². The van der Waals surface area contributed by atoms with Gasteiger partial charge in [0.2, 0.25) is 0 Å². The van der Waals surface area contributed by atoms with Crippen molar-refractivity contribution < 1.29 is 23.8 Å². The molecule has 0 radical (unpaired) electrons. The summed E-state index contributed by atoms with van der Waals surface area (Å²) >= 11 is 0. The van der Waals surface area contributed by atoms with Gasteiger partial charge in [-0.1, -0.05) is 12.1 Å². The number of esters is 2. The fraction of sp³-hybridized carbons (Fsp3) is 0.444. The molecule has 0 unspecified atom stereocenters. The van der Waals surface area contributed by atoms with Gasteiger partial charge < -0.3 is 14.2 Å². The molecule has 0 aliphatic heterocycles. The zero-order valence-electron chi connectivity index (χ0n) is 14.0. The third kappa shape index (κ3) is 3.09. The molecule has 0 N–H and O–H groups in total. The average Bonchev–Trinajstić information content (AvgIpc) is 2.54. The third-order valence-electron chi connectivity index (χ3n) is 3.95. The van der Waals surface area contributed by atoms with Crippen LogP contribution in [0.25, 0.3) is 5.57 Å². The van der Waals surface area contributed by atoms with E-state index in [1.807, 2.05) is 25.1 Å². The van der Waals surface area contributed by atoms with Crippen LogP contribution in [0.15, 0.2) is 24.3 Å². The quantitative estimate of drug-likeness (QED) is 0.617. The Morgan fingerprint density at radius 1 is 1.13 bits per heavy atom. The summed E-state index contributed by atoms with van der Waals surface area (Å²) in [6.07, 6.45) is 1.87. The van der Waals surface area contributed by atoms with Gasteiger partial charge in [0, 0.05) is 6.42 Å². The summed E-state index contributed by atoms with van der Waals surface area (Å²) in [7, 11) is 1.58. The van der Waals surface area contributed by atoms with Gasteiger partial charge in [-0.05, 0) is 49.6 Å². The second-order valence-electron chi connectivity index (χ2n) is 5.44. The van der Waals surface area contributed by atoms with Gasteiger partial charge in [-0.15, -0.1) is 0 Å². The summed E-state index contributed by atoms with van der Waals surface area (Å²) in [5.74, 6) is -0.474. The lowest BCUT2D eigenvalue weighted by Crippen LogP contribution is -2.44. The lowest BCUT2D eigenvalue weighted by molar-refractivity contribution is -0.168. The molecule has 1 aliphatic rings. The van der Waals surface area contributed by atoms with Crippen LogP contribution in [-0.4, -0.2) is 32.3 Å². The number of hydrogen-bond donors (Lipinski definition) is 0. The predicted octanol–water partition coefficient (Wildman–Crippen LogP) is 2.77. The van der Waals surface area contributed by atoms with E-state index >= 15 is 0 Å². The summed E-state index contributed by atoms with van der Waals surface area (Å²) in [5, 5.41) is 0. The van der Waals surface area contributed by atoms with Gasteiger partial charge >= 0.3 is 11.9 Å². The molecule has 5 heteroatoms. The first-order valence-electron chi connectivity index (χ1n) is 7.69. The zero-order valence-corrected chi connectivity index (χ0v) is 14.0. The summed E-state index contributed by atoms with van der Waals surface area (Å²) in [5.41, 5.74) is 1.27. The molecule has 0 fully saturated rings. The highest BCUT2D eigenvalue weighted by Gasteiger charge is 2.49. The van der Waals surface area contributed by atoms with Gasteiger partial charge in [-0.2, -0.15) is 0 Å². The number of carbonyl (C=O) groups excluding carboxylic acids is 2. The van der Waals surface area contributed by atoms with E-state index in [-0.39, 0.29) is 19.6 Å². The van der Waals surface area contributed by atoms with Crippen LogP contribution >= 0.6 is 0 Å². The highest BCUT2D eigenvalue weighted by atomic mass is 16.6. The maximum atomic E-state index is 12.5. The molecule has 0 atom stereocenters. The summed E-state index contributed by atoms with van der Waals surface area (Å²) in [6, 6.07) is 5.64. The van der Waals surface area contributed by atoms with Crippen molar-refractivity contribution in [3.8, 4) is 5.75 Å². The molecular formula is C18H22O5. The minimum Gasteiger partial charge on any atom is -0.497 e. The van der Waals surface area contributed by atoms with Gasteiger partial charge in [0.25, 0.3) is 0 Å². The van der Waals surface area contributed by atoms with E-state index in [0.717, 1.165) is 16.7 Å². The number of allylic oxidation sites excluding steroid dienone is 1. The first kappa shape index (κ1) is 17.1. The Balaban J connectivity index is 2.54. The van der Waals surface area contributed by atoms with Crippen molar-refractivity contribution in [2.75, 3.05) is 20.3 Å². The SMILES string of the molecule is CCOC(=O)C1(C(=O)OCC)C=C(C)c2ccc(OC)cc2C1. The molecule has 23 heavy (non-hydrogen) atoms. The molecule has 5 nitrogen and oxygen atoms in total. The molecule has 0 aromatic heterocycles. The highest BCUT2D eigenvalue weighted by Crippen LogP contribution is 2.40. The van der Waals surface area contributed by atoms with Crippen LogP contribution in [0.2, 0.25) is 0 Å². The Bertz CT molecular complexity index is 627. The van der Waals surface area contributed by atoms with E-state index in [1.54, 1.807) is 27.0 Å². The van der Waals surface area contributed by atoms with E-state index < -0.39 is 17.4 Å². The molecule has 1 aromatic carbocycles. The Labute approximate surface area is 136 Å². The monoisotopic (exact) mass is 318 g/mol. The van der Waals surface area contributed by atoms with Crippen molar-refractivity contribution in [3.63, 3.8) is 0 Å². The van der Waals surface area contributed by atoms with Crippen molar-refractivity contribution in [1.29, 1.82) is 0 Å². The molecule has 0 saturated heterocycles.